The summed E-state index contributed by atoms with van der Waals surface area (Å²) in [5, 5.41) is 3.04. The van der Waals surface area contributed by atoms with Crippen LogP contribution in [0.1, 0.15) is 39.0 Å². The van der Waals surface area contributed by atoms with Gasteiger partial charge in [0.05, 0.1) is 12.1 Å². The number of nitrogens with zero attached hydrogens (tertiary/aromatic N) is 1. The fraction of sp³-hybridized carbons (Fsp3) is 0.933. The largest absolute Gasteiger partial charge is 0.384 e. The number of nitrogens with one attached hydrogen (secondary N) is 1. The maximum atomic E-state index is 11.4. The van der Waals surface area contributed by atoms with Crippen LogP contribution in [-0.2, 0) is 9.53 Å². The van der Waals surface area contributed by atoms with E-state index in [1.165, 1.54) is 19.4 Å². The summed E-state index contributed by atoms with van der Waals surface area (Å²) in [7, 11) is 3.58. The highest BCUT2D eigenvalue weighted by molar-refractivity contribution is 5.84. The summed E-state index contributed by atoms with van der Waals surface area (Å²) in [6.07, 6.45) is 5.48. The Morgan fingerprint density at radius 2 is 2.25 bits per heavy atom. The number of methoxy groups -OCH3 is 1. The van der Waals surface area contributed by atoms with E-state index in [9.17, 15) is 4.79 Å². The van der Waals surface area contributed by atoms with Crippen LogP contribution in [0.15, 0.2) is 0 Å². The number of likely N-dealkylation sites (N-methyl/N-ethyl adjacent to an activating group) is 1. The topological polar surface area (TPSA) is 67.6 Å². The molecule has 1 aliphatic rings. The quantitative estimate of drug-likeness (QED) is 0.620. The van der Waals surface area contributed by atoms with E-state index in [1.807, 2.05) is 6.92 Å². The standard InChI is InChI=1S/C15H31N3O2/c1-15(17-2,14(16)19)8-4-5-9-18-10-6-7-13(11-18)12-20-3/h13,17H,4-12H2,1-3H3,(H2,16,19). The molecule has 0 saturated carbocycles. The third-order valence-corrected chi connectivity index (χ3v) is 4.50. The van der Waals surface area contributed by atoms with Gasteiger partial charge in [0.2, 0.25) is 5.91 Å². The predicted molar refractivity (Wildman–Crippen MR) is 81.6 cm³/mol. The van der Waals surface area contributed by atoms with Crippen LogP contribution in [0.4, 0.5) is 0 Å². The second-order valence-electron chi connectivity index (χ2n) is 6.17. The summed E-state index contributed by atoms with van der Waals surface area (Å²) in [6.45, 7) is 6.20. The van der Waals surface area contributed by atoms with Crippen LogP contribution in [0.2, 0.25) is 0 Å². The highest BCUT2D eigenvalue weighted by Crippen LogP contribution is 2.18. The lowest BCUT2D eigenvalue weighted by Gasteiger charge is -2.32. The van der Waals surface area contributed by atoms with Crippen LogP contribution in [0.25, 0.3) is 0 Å². The predicted octanol–water partition coefficient (Wildman–Crippen LogP) is 0.979. The molecule has 0 radical (unpaired) electrons. The van der Waals surface area contributed by atoms with Gasteiger partial charge in [-0.2, -0.15) is 0 Å². The summed E-state index contributed by atoms with van der Waals surface area (Å²) in [6, 6.07) is 0. The average molecular weight is 285 g/mol. The molecule has 0 spiro atoms. The Bertz CT molecular complexity index is 297. The Balaban J connectivity index is 2.22. The van der Waals surface area contributed by atoms with Crippen molar-refractivity contribution >= 4 is 5.91 Å². The molecule has 118 valence electrons. The summed E-state index contributed by atoms with van der Waals surface area (Å²) < 4.78 is 5.25. The number of carbonyl (C=O) groups excluding carboxylic acids is 1. The number of rotatable bonds is 9. The number of carbonyl (C=O) groups is 1. The molecule has 20 heavy (non-hydrogen) atoms. The molecule has 1 fully saturated rings. The van der Waals surface area contributed by atoms with Gasteiger partial charge in [-0.05, 0) is 65.1 Å². The molecule has 1 aliphatic heterocycles. The van der Waals surface area contributed by atoms with E-state index in [2.05, 4.69) is 10.2 Å². The number of piperidine rings is 1. The number of amides is 1. The molecule has 3 N–H and O–H groups in total. The van der Waals surface area contributed by atoms with Crippen molar-refractivity contribution in [2.75, 3.05) is 40.4 Å². The molecule has 0 aromatic heterocycles. The number of hydrogen-bond acceptors (Lipinski definition) is 4. The molecular formula is C15H31N3O2. The molecule has 1 saturated heterocycles. The first-order chi connectivity index (χ1) is 9.51. The normalized spacial score (nSPS) is 23.4. The van der Waals surface area contributed by atoms with E-state index in [-0.39, 0.29) is 5.91 Å². The van der Waals surface area contributed by atoms with Crippen molar-refractivity contribution in [1.82, 2.24) is 10.2 Å². The van der Waals surface area contributed by atoms with Crippen molar-refractivity contribution in [3.63, 3.8) is 0 Å². The smallest absolute Gasteiger partial charge is 0.237 e. The number of primary amides is 1. The highest BCUT2D eigenvalue weighted by atomic mass is 16.5. The lowest BCUT2D eigenvalue weighted by atomic mass is 9.94. The molecule has 1 amide bonds. The van der Waals surface area contributed by atoms with Crippen molar-refractivity contribution in [1.29, 1.82) is 0 Å². The molecule has 0 aliphatic carbocycles. The minimum atomic E-state index is -0.569. The first-order valence-corrected chi connectivity index (χ1v) is 7.72. The Morgan fingerprint density at radius 1 is 1.50 bits per heavy atom. The van der Waals surface area contributed by atoms with E-state index < -0.39 is 5.54 Å². The van der Waals surface area contributed by atoms with E-state index >= 15 is 0 Å². The van der Waals surface area contributed by atoms with Crippen molar-refractivity contribution < 1.29 is 9.53 Å². The van der Waals surface area contributed by atoms with Gasteiger partial charge in [0.25, 0.3) is 0 Å². The molecule has 1 rings (SSSR count). The van der Waals surface area contributed by atoms with Gasteiger partial charge in [-0.25, -0.2) is 0 Å². The zero-order chi connectivity index (χ0) is 15.0. The Morgan fingerprint density at radius 3 is 2.85 bits per heavy atom. The third kappa shape index (κ3) is 5.38. The minimum absolute atomic E-state index is 0.266. The van der Waals surface area contributed by atoms with Crippen LogP contribution in [-0.4, -0.2) is 56.7 Å². The van der Waals surface area contributed by atoms with Crippen molar-refractivity contribution in [2.24, 2.45) is 11.7 Å². The van der Waals surface area contributed by atoms with Crippen molar-refractivity contribution in [3.05, 3.63) is 0 Å². The van der Waals surface area contributed by atoms with E-state index in [0.29, 0.717) is 5.92 Å². The van der Waals surface area contributed by atoms with Gasteiger partial charge in [0, 0.05) is 13.7 Å². The Kier molecular flexibility index (Phi) is 7.48. The van der Waals surface area contributed by atoms with Gasteiger partial charge in [-0.15, -0.1) is 0 Å². The summed E-state index contributed by atoms with van der Waals surface area (Å²) in [4.78, 5) is 13.9. The van der Waals surface area contributed by atoms with Crippen LogP contribution in [0.3, 0.4) is 0 Å². The van der Waals surface area contributed by atoms with Gasteiger partial charge in [-0.1, -0.05) is 0 Å². The molecule has 0 aromatic carbocycles. The maximum Gasteiger partial charge on any atom is 0.237 e. The first kappa shape index (κ1) is 17.4. The third-order valence-electron chi connectivity index (χ3n) is 4.50. The van der Waals surface area contributed by atoms with E-state index in [0.717, 1.165) is 39.0 Å². The number of likely N-dealkylation sites (tertiary alicyclic amines) is 1. The zero-order valence-electron chi connectivity index (χ0n) is 13.3. The van der Waals surface area contributed by atoms with Gasteiger partial charge < -0.3 is 20.7 Å². The Hall–Kier alpha value is -0.650. The highest BCUT2D eigenvalue weighted by Gasteiger charge is 2.28. The summed E-state index contributed by atoms with van der Waals surface area (Å²) in [5.41, 5.74) is 4.86. The van der Waals surface area contributed by atoms with Gasteiger partial charge in [0.15, 0.2) is 0 Å². The zero-order valence-corrected chi connectivity index (χ0v) is 13.3. The SMILES string of the molecule is CNC(C)(CCCCN1CCCC(COC)C1)C(N)=O. The molecule has 0 bridgehead atoms. The van der Waals surface area contributed by atoms with E-state index in [4.69, 9.17) is 10.5 Å². The molecule has 0 aromatic rings. The van der Waals surface area contributed by atoms with Crippen molar-refractivity contribution in [2.45, 2.75) is 44.6 Å². The van der Waals surface area contributed by atoms with E-state index in [1.54, 1.807) is 14.2 Å². The van der Waals surface area contributed by atoms with Gasteiger partial charge >= 0.3 is 0 Å². The maximum absolute atomic E-state index is 11.4. The molecule has 2 atom stereocenters. The molecular weight excluding hydrogens is 254 g/mol. The fourth-order valence-corrected chi connectivity index (χ4v) is 2.91. The summed E-state index contributed by atoms with van der Waals surface area (Å²) in [5.74, 6) is 0.417. The lowest BCUT2D eigenvalue weighted by molar-refractivity contribution is -0.123. The van der Waals surface area contributed by atoms with Crippen LogP contribution < -0.4 is 11.1 Å². The van der Waals surface area contributed by atoms with Gasteiger partial charge in [-0.3, -0.25) is 4.79 Å². The number of hydrogen-bond donors (Lipinski definition) is 2. The second-order valence-corrected chi connectivity index (χ2v) is 6.17. The monoisotopic (exact) mass is 285 g/mol. The lowest BCUT2D eigenvalue weighted by Crippen LogP contribution is -2.51. The number of unbranched alkanes of at least 4 members (excludes halogenated alkanes) is 1. The summed E-state index contributed by atoms with van der Waals surface area (Å²) >= 11 is 0. The average Bonchev–Trinajstić information content (AvgIpc) is 2.44. The van der Waals surface area contributed by atoms with Crippen LogP contribution in [0, 0.1) is 5.92 Å². The number of nitrogens with two attached hydrogens (primary N) is 1. The van der Waals surface area contributed by atoms with Crippen LogP contribution >= 0.6 is 0 Å². The van der Waals surface area contributed by atoms with Gasteiger partial charge in [0.1, 0.15) is 0 Å². The second kappa shape index (κ2) is 8.60. The number of ether oxygens (including phenoxy) is 1. The molecule has 5 nitrogen and oxygen atoms in total. The van der Waals surface area contributed by atoms with Crippen LogP contribution in [0.5, 0.6) is 0 Å². The molecule has 2 unspecified atom stereocenters. The first-order valence-electron chi connectivity index (χ1n) is 7.72. The fourth-order valence-electron chi connectivity index (χ4n) is 2.91. The Labute approximate surface area is 123 Å². The minimum Gasteiger partial charge on any atom is -0.384 e. The molecule has 1 heterocycles. The molecule has 5 heteroatoms. The van der Waals surface area contributed by atoms with Crippen molar-refractivity contribution in [3.8, 4) is 0 Å².